The van der Waals surface area contributed by atoms with E-state index in [4.69, 9.17) is 14.2 Å². The van der Waals surface area contributed by atoms with Crippen LogP contribution in [0.3, 0.4) is 0 Å². The molecular formula is C32H58NO2P. The SMILES string of the molecule is C.C.C.CC(C)(C)c1cc(OP(C)(=N)Oc2cc(C(C)(C)C)cc(C(C)(C)C)c2)cc(C(C)(C)C)c1. The molecule has 2 aromatic rings. The molecule has 0 heterocycles. The molecule has 0 unspecified atom stereocenters. The maximum Gasteiger partial charge on any atom is 0.308 e. The van der Waals surface area contributed by atoms with Crippen LogP contribution in [0.15, 0.2) is 36.4 Å². The van der Waals surface area contributed by atoms with Gasteiger partial charge in [-0.05, 0) is 68.2 Å². The Kier molecular flexibility index (Phi) is 11.9. The molecule has 0 fully saturated rings. The van der Waals surface area contributed by atoms with E-state index >= 15 is 0 Å². The molecule has 36 heavy (non-hydrogen) atoms. The molecule has 0 radical (unpaired) electrons. The minimum atomic E-state index is -2.92. The molecule has 0 spiro atoms. The van der Waals surface area contributed by atoms with Gasteiger partial charge < -0.3 is 9.05 Å². The Hall–Kier alpha value is -1.73. The second-order valence-corrected chi connectivity index (χ2v) is 15.6. The van der Waals surface area contributed by atoms with Crippen LogP contribution in [0.5, 0.6) is 11.5 Å². The van der Waals surface area contributed by atoms with Gasteiger partial charge in [0.05, 0.1) is 0 Å². The van der Waals surface area contributed by atoms with Crippen LogP contribution in [0.25, 0.3) is 0 Å². The maximum atomic E-state index is 8.97. The number of nitrogens with one attached hydrogen (secondary N) is 1. The monoisotopic (exact) mass is 519 g/mol. The molecule has 0 aliphatic rings. The third kappa shape index (κ3) is 9.97. The van der Waals surface area contributed by atoms with Crippen LogP contribution in [-0.2, 0) is 21.7 Å². The summed E-state index contributed by atoms with van der Waals surface area (Å²) in [4.78, 5) is 0. The van der Waals surface area contributed by atoms with Crippen LogP contribution >= 0.6 is 7.51 Å². The first-order valence-electron chi connectivity index (χ1n) is 11.9. The van der Waals surface area contributed by atoms with E-state index in [1.807, 2.05) is 0 Å². The molecule has 0 saturated carbocycles. The van der Waals surface area contributed by atoms with Crippen molar-refractivity contribution in [2.45, 2.75) is 127 Å². The molecule has 2 rings (SSSR count). The van der Waals surface area contributed by atoms with Gasteiger partial charge in [-0.2, -0.15) is 0 Å². The maximum absolute atomic E-state index is 8.97. The quantitative estimate of drug-likeness (QED) is 0.408. The van der Waals surface area contributed by atoms with E-state index in [9.17, 15) is 0 Å². The van der Waals surface area contributed by atoms with Gasteiger partial charge in [0.25, 0.3) is 0 Å². The largest absolute Gasteiger partial charge is 0.430 e. The zero-order valence-electron chi connectivity index (χ0n) is 23.2. The van der Waals surface area contributed by atoms with Gasteiger partial charge in [0.1, 0.15) is 11.5 Å². The van der Waals surface area contributed by atoms with Crippen molar-refractivity contribution in [3.8, 4) is 11.5 Å². The van der Waals surface area contributed by atoms with Gasteiger partial charge in [0.15, 0.2) is 0 Å². The van der Waals surface area contributed by atoms with Crippen LogP contribution in [0.2, 0.25) is 0 Å². The lowest BCUT2D eigenvalue weighted by atomic mass is 9.80. The molecule has 208 valence electrons. The van der Waals surface area contributed by atoms with E-state index in [0.717, 1.165) is 0 Å². The highest BCUT2D eigenvalue weighted by atomic mass is 31.2. The fourth-order valence-electron chi connectivity index (χ4n) is 3.46. The highest BCUT2D eigenvalue weighted by Crippen LogP contribution is 2.48. The smallest absolute Gasteiger partial charge is 0.308 e. The molecule has 1 N–H and O–H groups in total. The number of rotatable bonds is 4. The molecule has 4 heteroatoms. The van der Waals surface area contributed by atoms with Gasteiger partial charge in [-0.3, -0.25) is 0 Å². The van der Waals surface area contributed by atoms with Crippen molar-refractivity contribution >= 4 is 7.51 Å². The summed E-state index contributed by atoms with van der Waals surface area (Å²) in [6.07, 6.45) is 0. The fourth-order valence-corrected chi connectivity index (χ4v) is 4.51. The molecule has 0 bridgehead atoms. The summed E-state index contributed by atoms with van der Waals surface area (Å²) >= 11 is 0. The molecule has 0 amide bonds. The minimum Gasteiger partial charge on any atom is -0.430 e. The summed E-state index contributed by atoms with van der Waals surface area (Å²) < 4.78 is 12.6. The fraction of sp³-hybridized carbons (Fsp3) is 0.625. The number of hydrogen-bond acceptors (Lipinski definition) is 3. The summed E-state index contributed by atoms with van der Waals surface area (Å²) in [5.41, 5.74) is 4.76. The number of hydrogen-bond donors (Lipinski definition) is 1. The molecule has 0 aliphatic carbocycles. The van der Waals surface area contributed by atoms with Gasteiger partial charge in [-0.25, -0.2) is 5.16 Å². The second kappa shape index (κ2) is 11.8. The summed E-state index contributed by atoms with van der Waals surface area (Å²) in [6.45, 7) is 28.2. The van der Waals surface area contributed by atoms with E-state index in [2.05, 4.69) is 119 Å². The minimum absolute atomic E-state index is 0. The lowest BCUT2D eigenvalue weighted by molar-refractivity contribution is 0.468. The van der Waals surface area contributed by atoms with Crippen molar-refractivity contribution in [1.82, 2.24) is 0 Å². The molecule has 3 nitrogen and oxygen atoms in total. The highest BCUT2D eigenvalue weighted by Gasteiger charge is 2.25. The Morgan fingerprint density at radius 1 is 0.472 bits per heavy atom. The van der Waals surface area contributed by atoms with Crippen molar-refractivity contribution in [2.75, 3.05) is 6.66 Å². The van der Waals surface area contributed by atoms with Crippen LogP contribution in [0.4, 0.5) is 0 Å². The van der Waals surface area contributed by atoms with Crippen LogP contribution in [-0.4, -0.2) is 6.66 Å². The van der Waals surface area contributed by atoms with Crippen molar-refractivity contribution in [3.63, 3.8) is 0 Å². The van der Waals surface area contributed by atoms with Crippen molar-refractivity contribution in [3.05, 3.63) is 58.7 Å². The second-order valence-electron chi connectivity index (χ2n) is 13.5. The topological polar surface area (TPSA) is 42.3 Å². The zero-order valence-corrected chi connectivity index (χ0v) is 24.1. The molecule has 2 aromatic carbocycles. The van der Waals surface area contributed by atoms with E-state index in [0.29, 0.717) is 11.5 Å². The Morgan fingerprint density at radius 3 is 0.833 bits per heavy atom. The van der Waals surface area contributed by atoms with Crippen LogP contribution in [0, 0.1) is 5.16 Å². The van der Waals surface area contributed by atoms with Gasteiger partial charge in [-0.1, -0.05) is 117 Å². The molecule has 0 atom stereocenters. The number of benzene rings is 2. The van der Waals surface area contributed by atoms with Crippen LogP contribution < -0.4 is 9.05 Å². The Balaban J connectivity index is 0. The summed E-state index contributed by atoms with van der Waals surface area (Å²) in [6, 6.07) is 12.8. The zero-order chi connectivity index (χ0) is 25.6. The molecule has 0 aliphatic heterocycles. The molecular weight excluding hydrogens is 461 g/mol. The summed E-state index contributed by atoms with van der Waals surface area (Å²) in [5, 5.41) is 8.97. The van der Waals surface area contributed by atoms with Crippen molar-refractivity contribution in [2.24, 2.45) is 0 Å². The Bertz CT molecular complexity index is 896. The van der Waals surface area contributed by atoms with Gasteiger partial charge in [-0.15, -0.1) is 0 Å². The van der Waals surface area contributed by atoms with Crippen molar-refractivity contribution < 1.29 is 9.05 Å². The molecule has 0 saturated heterocycles. The predicted octanol–water partition coefficient (Wildman–Crippen LogP) is 11.5. The first-order valence-corrected chi connectivity index (χ1v) is 14.0. The van der Waals surface area contributed by atoms with Crippen LogP contribution in [0.1, 0.15) is 128 Å². The lowest BCUT2D eigenvalue weighted by Crippen LogP contribution is -2.17. The predicted molar refractivity (Wildman–Crippen MR) is 165 cm³/mol. The summed E-state index contributed by atoms with van der Waals surface area (Å²) in [7, 11) is -2.92. The van der Waals surface area contributed by atoms with E-state index in [1.54, 1.807) is 6.66 Å². The Labute approximate surface area is 225 Å². The average molecular weight is 520 g/mol. The van der Waals surface area contributed by atoms with E-state index in [-0.39, 0.29) is 43.9 Å². The standard InChI is InChI=1S/C29H46NO2P.3CH4/c1-26(2,3)20-14-21(27(4,5)6)17-24(16-20)31-33(13,30)32-25-18-22(28(7,8)9)15-23(19-25)29(10,11)12;;;/h14-19,30H,1-13H3;3*1H4. The highest BCUT2D eigenvalue weighted by molar-refractivity contribution is 7.55. The van der Waals surface area contributed by atoms with E-state index in [1.165, 1.54) is 22.3 Å². The molecule has 0 aromatic heterocycles. The lowest BCUT2D eigenvalue weighted by Gasteiger charge is -2.29. The normalized spacial score (nSPS) is 12.6. The Morgan fingerprint density at radius 2 is 0.667 bits per heavy atom. The first kappa shape index (κ1) is 36.4. The van der Waals surface area contributed by atoms with Crippen molar-refractivity contribution in [1.29, 1.82) is 5.16 Å². The van der Waals surface area contributed by atoms with Gasteiger partial charge in [0, 0.05) is 6.66 Å². The van der Waals surface area contributed by atoms with Gasteiger partial charge >= 0.3 is 7.51 Å². The van der Waals surface area contributed by atoms with Gasteiger partial charge in [0.2, 0.25) is 0 Å². The average Bonchev–Trinajstić information content (AvgIpc) is 2.57. The van der Waals surface area contributed by atoms with E-state index < -0.39 is 7.51 Å². The first-order chi connectivity index (χ1) is 14.6. The third-order valence-corrected chi connectivity index (χ3v) is 6.95. The summed E-state index contributed by atoms with van der Waals surface area (Å²) in [5.74, 6) is 1.42. The third-order valence-electron chi connectivity index (χ3n) is 5.84.